The molecule has 128 valence electrons. The van der Waals surface area contributed by atoms with E-state index in [0.717, 1.165) is 0 Å². The summed E-state index contributed by atoms with van der Waals surface area (Å²) < 4.78 is 32.8. The number of nitrogens with one attached hydrogen (secondary N) is 1. The molecule has 1 aliphatic rings. The molecular weight excluding hydrogens is 340 g/mol. The standard InChI is InChI=1S/C15H21ClN2O4S/c1-11(2)14(15(19)18-6-8-22-9-7-18)17-23(20,21)13-5-3-4-12(16)10-13/h3-5,10-11,14,17H,6-9H2,1-2H3. The Morgan fingerprint density at radius 3 is 2.52 bits per heavy atom. The summed E-state index contributed by atoms with van der Waals surface area (Å²) in [6.07, 6.45) is 0. The molecule has 0 aliphatic carbocycles. The lowest BCUT2D eigenvalue weighted by atomic mass is 10.0. The molecule has 0 bridgehead atoms. The normalized spacial score (nSPS) is 17.3. The van der Waals surface area contributed by atoms with Crippen molar-refractivity contribution in [1.82, 2.24) is 9.62 Å². The largest absolute Gasteiger partial charge is 0.378 e. The van der Waals surface area contributed by atoms with E-state index in [4.69, 9.17) is 16.3 Å². The number of morpholine rings is 1. The third-order valence-electron chi connectivity index (χ3n) is 3.64. The van der Waals surface area contributed by atoms with Crippen LogP contribution in [0.3, 0.4) is 0 Å². The van der Waals surface area contributed by atoms with Gasteiger partial charge in [-0.2, -0.15) is 4.72 Å². The summed E-state index contributed by atoms with van der Waals surface area (Å²) in [6, 6.07) is 5.15. The number of nitrogens with zero attached hydrogens (tertiary/aromatic N) is 1. The van der Waals surface area contributed by atoms with E-state index in [1.165, 1.54) is 12.1 Å². The van der Waals surface area contributed by atoms with Gasteiger partial charge in [-0.1, -0.05) is 31.5 Å². The van der Waals surface area contributed by atoms with Crippen molar-refractivity contribution in [3.8, 4) is 0 Å². The first-order valence-electron chi connectivity index (χ1n) is 7.45. The van der Waals surface area contributed by atoms with Crippen LogP contribution in [0.4, 0.5) is 0 Å². The number of rotatable bonds is 5. The van der Waals surface area contributed by atoms with Crippen LogP contribution in [-0.4, -0.2) is 51.6 Å². The summed E-state index contributed by atoms with van der Waals surface area (Å²) in [4.78, 5) is 14.3. The predicted molar refractivity (Wildman–Crippen MR) is 87.8 cm³/mol. The molecule has 23 heavy (non-hydrogen) atoms. The van der Waals surface area contributed by atoms with Gasteiger partial charge >= 0.3 is 0 Å². The Morgan fingerprint density at radius 1 is 1.30 bits per heavy atom. The van der Waals surface area contributed by atoms with Crippen LogP contribution in [0.15, 0.2) is 29.2 Å². The highest BCUT2D eigenvalue weighted by Gasteiger charge is 2.32. The number of carbonyl (C=O) groups excluding carboxylic acids is 1. The minimum Gasteiger partial charge on any atom is -0.378 e. The number of ether oxygens (including phenoxy) is 1. The van der Waals surface area contributed by atoms with Gasteiger partial charge in [-0.15, -0.1) is 0 Å². The zero-order valence-corrected chi connectivity index (χ0v) is 14.7. The Bertz CT molecular complexity index is 657. The Labute approximate surface area is 141 Å². The molecular formula is C15H21ClN2O4S. The summed E-state index contributed by atoms with van der Waals surface area (Å²) >= 11 is 5.85. The first-order valence-corrected chi connectivity index (χ1v) is 9.32. The maximum Gasteiger partial charge on any atom is 0.241 e. The highest BCUT2D eigenvalue weighted by atomic mass is 35.5. The third kappa shape index (κ3) is 4.67. The van der Waals surface area contributed by atoms with Crippen molar-refractivity contribution in [3.63, 3.8) is 0 Å². The zero-order chi connectivity index (χ0) is 17.0. The van der Waals surface area contributed by atoms with E-state index < -0.39 is 16.1 Å². The van der Waals surface area contributed by atoms with Gasteiger partial charge in [0.05, 0.1) is 18.1 Å². The number of halogens is 1. The van der Waals surface area contributed by atoms with E-state index >= 15 is 0 Å². The molecule has 0 spiro atoms. The Morgan fingerprint density at radius 2 is 1.96 bits per heavy atom. The minimum absolute atomic E-state index is 0.0467. The molecule has 0 aromatic heterocycles. The molecule has 1 fully saturated rings. The molecule has 1 atom stereocenters. The van der Waals surface area contributed by atoms with Crippen molar-refractivity contribution in [1.29, 1.82) is 0 Å². The highest BCUT2D eigenvalue weighted by Crippen LogP contribution is 2.17. The molecule has 6 nitrogen and oxygen atoms in total. The molecule has 1 N–H and O–H groups in total. The minimum atomic E-state index is -3.82. The molecule has 1 heterocycles. The monoisotopic (exact) mass is 360 g/mol. The summed E-state index contributed by atoms with van der Waals surface area (Å²) in [7, 11) is -3.82. The topological polar surface area (TPSA) is 75.7 Å². The summed E-state index contributed by atoms with van der Waals surface area (Å²) in [6.45, 7) is 5.50. The maximum absolute atomic E-state index is 12.6. The first kappa shape index (κ1) is 18.2. The lowest BCUT2D eigenvalue weighted by Crippen LogP contribution is -2.53. The van der Waals surface area contributed by atoms with E-state index in [0.29, 0.717) is 31.3 Å². The Balaban J connectivity index is 2.19. The number of hydrogen-bond acceptors (Lipinski definition) is 4. The van der Waals surface area contributed by atoms with E-state index in [9.17, 15) is 13.2 Å². The van der Waals surface area contributed by atoms with Crippen molar-refractivity contribution in [2.24, 2.45) is 5.92 Å². The van der Waals surface area contributed by atoms with Gasteiger partial charge in [-0.25, -0.2) is 8.42 Å². The Kier molecular flexibility index (Phi) is 6.02. The number of amides is 1. The fraction of sp³-hybridized carbons (Fsp3) is 0.533. The number of carbonyl (C=O) groups is 1. The summed E-state index contributed by atoms with van der Waals surface area (Å²) in [5, 5.41) is 0.327. The quantitative estimate of drug-likeness (QED) is 0.863. The van der Waals surface area contributed by atoms with Gasteiger partial charge < -0.3 is 9.64 Å². The molecule has 1 saturated heterocycles. The van der Waals surface area contributed by atoms with Gasteiger partial charge in [0, 0.05) is 18.1 Å². The highest BCUT2D eigenvalue weighted by molar-refractivity contribution is 7.89. The molecule has 0 saturated carbocycles. The van der Waals surface area contributed by atoms with E-state index in [1.54, 1.807) is 17.0 Å². The van der Waals surface area contributed by atoms with Crippen LogP contribution < -0.4 is 4.72 Å². The fourth-order valence-corrected chi connectivity index (χ4v) is 3.96. The first-order chi connectivity index (χ1) is 10.8. The van der Waals surface area contributed by atoms with Gasteiger partial charge in [-0.3, -0.25) is 4.79 Å². The second-order valence-corrected chi connectivity index (χ2v) is 7.89. The zero-order valence-electron chi connectivity index (χ0n) is 13.2. The molecule has 1 amide bonds. The smallest absolute Gasteiger partial charge is 0.241 e. The maximum atomic E-state index is 12.6. The van der Waals surface area contributed by atoms with Gasteiger partial charge in [-0.05, 0) is 24.1 Å². The van der Waals surface area contributed by atoms with Crippen molar-refractivity contribution in [2.45, 2.75) is 24.8 Å². The Hall–Kier alpha value is -1.15. The SMILES string of the molecule is CC(C)C(NS(=O)(=O)c1cccc(Cl)c1)C(=O)N1CCOCC1. The van der Waals surface area contributed by atoms with Crippen LogP contribution in [0, 0.1) is 5.92 Å². The average Bonchev–Trinajstić information content (AvgIpc) is 2.52. The van der Waals surface area contributed by atoms with Crippen molar-refractivity contribution in [2.75, 3.05) is 26.3 Å². The number of benzene rings is 1. The molecule has 8 heteroatoms. The number of sulfonamides is 1. The molecule has 2 rings (SSSR count). The van der Waals surface area contributed by atoms with E-state index in [2.05, 4.69) is 4.72 Å². The second-order valence-electron chi connectivity index (χ2n) is 5.74. The van der Waals surface area contributed by atoms with Crippen molar-refractivity contribution in [3.05, 3.63) is 29.3 Å². The van der Waals surface area contributed by atoms with Crippen LogP contribution in [-0.2, 0) is 19.6 Å². The second kappa shape index (κ2) is 7.61. The van der Waals surface area contributed by atoms with Crippen LogP contribution in [0.25, 0.3) is 0 Å². The van der Waals surface area contributed by atoms with Crippen LogP contribution in [0.2, 0.25) is 5.02 Å². The van der Waals surface area contributed by atoms with Gasteiger partial charge in [0.15, 0.2) is 0 Å². The average molecular weight is 361 g/mol. The van der Waals surface area contributed by atoms with Gasteiger partial charge in [0.2, 0.25) is 15.9 Å². The lowest BCUT2D eigenvalue weighted by molar-refractivity contribution is -0.138. The molecule has 1 unspecified atom stereocenters. The van der Waals surface area contributed by atoms with E-state index in [-0.39, 0.29) is 16.7 Å². The van der Waals surface area contributed by atoms with Crippen molar-refractivity contribution < 1.29 is 17.9 Å². The van der Waals surface area contributed by atoms with Crippen LogP contribution >= 0.6 is 11.6 Å². The van der Waals surface area contributed by atoms with E-state index in [1.807, 2.05) is 13.8 Å². The lowest BCUT2D eigenvalue weighted by Gasteiger charge is -2.32. The van der Waals surface area contributed by atoms with Crippen LogP contribution in [0.5, 0.6) is 0 Å². The van der Waals surface area contributed by atoms with Gasteiger partial charge in [0.25, 0.3) is 0 Å². The summed E-state index contributed by atoms with van der Waals surface area (Å²) in [5.74, 6) is -0.409. The van der Waals surface area contributed by atoms with Crippen molar-refractivity contribution >= 4 is 27.5 Å². The van der Waals surface area contributed by atoms with Gasteiger partial charge in [0.1, 0.15) is 6.04 Å². The molecule has 1 aromatic rings. The predicted octanol–water partition coefficient (Wildman–Crippen LogP) is 1.50. The molecule has 1 aromatic carbocycles. The van der Waals surface area contributed by atoms with Crippen LogP contribution in [0.1, 0.15) is 13.8 Å². The number of hydrogen-bond donors (Lipinski definition) is 1. The fourth-order valence-electron chi connectivity index (χ4n) is 2.32. The molecule has 0 radical (unpaired) electrons. The molecule has 1 aliphatic heterocycles. The summed E-state index contributed by atoms with van der Waals surface area (Å²) in [5.41, 5.74) is 0. The third-order valence-corrected chi connectivity index (χ3v) is 5.32.